The topological polar surface area (TPSA) is 94.0 Å². The monoisotopic (exact) mass is 418 g/mol. The molecule has 3 atom stereocenters. The minimum atomic E-state index is -0.117. The second-order valence-electron chi connectivity index (χ2n) is 8.21. The van der Waals surface area contributed by atoms with E-state index in [4.69, 9.17) is 4.74 Å². The molecule has 0 bridgehead atoms. The molecule has 29 heavy (non-hydrogen) atoms. The first-order chi connectivity index (χ1) is 13.7. The Labute approximate surface area is 176 Å². The SMILES string of the molecule is COc1ccc(NC(=O)C2CC3CCCCC3N2)cc1-n1nnnc1C1CC1.Cl. The number of aromatic nitrogens is 4. The third-order valence-corrected chi connectivity index (χ3v) is 6.29. The summed E-state index contributed by atoms with van der Waals surface area (Å²) < 4.78 is 7.24. The standard InChI is InChI=1S/C20H26N6O2.ClH/c1-28-18-9-8-14(11-17(18)26-19(12-6-7-12)23-24-25-26)21-20(27)16-10-13-4-2-3-5-15(13)22-16;/h8-9,11-13,15-16,22H,2-7,10H2,1H3,(H,21,27);1H. The molecule has 1 aromatic carbocycles. The van der Waals surface area contributed by atoms with Gasteiger partial charge >= 0.3 is 0 Å². The number of hydrogen-bond donors (Lipinski definition) is 2. The number of halogens is 1. The number of carbonyl (C=O) groups is 1. The smallest absolute Gasteiger partial charge is 0.241 e. The molecule has 8 nitrogen and oxygen atoms in total. The van der Waals surface area contributed by atoms with Gasteiger partial charge in [-0.3, -0.25) is 4.79 Å². The van der Waals surface area contributed by atoms with Crippen LogP contribution in [0.15, 0.2) is 18.2 Å². The number of fused-ring (bicyclic) bond motifs is 1. The van der Waals surface area contributed by atoms with E-state index >= 15 is 0 Å². The van der Waals surface area contributed by atoms with Gasteiger partial charge in [0.15, 0.2) is 5.82 Å². The predicted molar refractivity (Wildman–Crippen MR) is 111 cm³/mol. The molecule has 3 unspecified atom stereocenters. The Bertz CT molecular complexity index is 870. The van der Waals surface area contributed by atoms with Crippen molar-refractivity contribution < 1.29 is 9.53 Å². The fourth-order valence-corrected chi connectivity index (χ4v) is 4.65. The summed E-state index contributed by atoms with van der Waals surface area (Å²) in [6.45, 7) is 0. The Morgan fingerprint density at radius 2 is 2.07 bits per heavy atom. The largest absolute Gasteiger partial charge is 0.494 e. The summed E-state index contributed by atoms with van der Waals surface area (Å²) in [5.74, 6) is 2.60. The van der Waals surface area contributed by atoms with Crippen LogP contribution < -0.4 is 15.4 Å². The van der Waals surface area contributed by atoms with Crippen LogP contribution in [-0.4, -0.2) is 45.3 Å². The summed E-state index contributed by atoms with van der Waals surface area (Å²) >= 11 is 0. The van der Waals surface area contributed by atoms with Gasteiger partial charge in [-0.15, -0.1) is 17.5 Å². The number of hydrogen-bond acceptors (Lipinski definition) is 6. The van der Waals surface area contributed by atoms with Crippen molar-refractivity contribution in [2.24, 2.45) is 5.92 Å². The van der Waals surface area contributed by atoms with Crippen molar-refractivity contribution in [3.63, 3.8) is 0 Å². The Hall–Kier alpha value is -2.19. The van der Waals surface area contributed by atoms with Crippen LogP contribution in [0.1, 0.15) is 56.7 Å². The molecule has 1 saturated heterocycles. The summed E-state index contributed by atoms with van der Waals surface area (Å²) in [5, 5.41) is 18.8. The number of amides is 1. The maximum absolute atomic E-state index is 12.8. The van der Waals surface area contributed by atoms with Gasteiger partial charge in [-0.05, 0) is 66.6 Å². The van der Waals surface area contributed by atoms with Crippen LogP contribution in [-0.2, 0) is 4.79 Å². The van der Waals surface area contributed by atoms with Gasteiger partial charge in [0.1, 0.15) is 11.4 Å². The van der Waals surface area contributed by atoms with Crippen molar-refractivity contribution >= 4 is 24.0 Å². The molecule has 0 spiro atoms. The number of nitrogens with one attached hydrogen (secondary N) is 2. The Morgan fingerprint density at radius 3 is 2.83 bits per heavy atom. The van der Waals surface area contributed by atoms with E-state index in [0.29, 0.717) is 23.6 Å². The first-order valence-corrected chi connectivity index (χ1v) is 10.3. The van der Waals surface area contributed by atoms with Crippen molar-refractivity contribution in [3.05, 3.63) is 24.0 Å². The lowest BCUT2D eigenvalue weighted by molar-refractivity contribution is -0.117. The average molecular weight is 419 g/mol. The highest BCUT2D eigenvalue weighted by Crippen LogP contribution is 2.40. The number of tetrazole rings is 1. The molecule has 2 saturated carbocycles. The molecular weight excluding hydrogens is 392 g/mol. The molecule has 2 N–H and O–H groups in total. The van der Waals surface area contributed by atoms with E-state index in [1.54, 1.807) is 11.8 Å². The first-order valence-electron chi connectivity index (χ1n) is 10.3. The third kappa shape index (κ3) is 3.96. The molecule has 3 fully saturated rings. The van der Waals surface area contributed by atoms with Gasteiger partial charge in [0.05, 0.1) is 13.2 Å². The number of benzene rings is 1. The van der Waals surface area contributed by atoms with Crippen LogP contribution in [0, 0.1) is 5.92 Å². The maximum Gasteiger partial charge on any atom is 0.241 e. The predicted octanol–water partition coefficient (Wildman–Crippen LogP) is 2.83. The van der Waals surface area contributed by atoms with Crippen molar-refractivity contribution in [2.75, 3.05) is 12.4 Å². The van der Waals surface area contributed by atoms with Crippen LogP contribution in [0.2, 0.25) is 0 Å². The zero-order valence-corrected chi connectivity index (χ0v) is 17.3. The van der Waals surface area contributed by atoms with Crippen LogP contribution in [0.3, 0.4) is 0 Å². The third-order valence-electron chi connectivity index (χ3n) is 6.29. The highest BCUT2D eigenvalue weighted by atomic mass is 35.5. The molecule has 156 valence electrons. The quantitative estimate of drug-likeness (QED) is 0.775. The van der Waals surface area contributed by atoms with E-state index in [0.717, 1.165) is 36.5 Å². The van der Waals surface area contributed by atoms with E-state index in [2.05, 4.69) is 26.2 Å². The normalized spacial score (nSPS) is 25.8. The Morgan fingerprint density at radius 1 is 1.24 bits per heavy atom. The lowest BCUT2D eigenvalue weighted by Gasteiger charge is -2.24. The van der Waals surface area contributed by atoms with Gasteiger partial charge in [-0.1, -0.05) is 12.8 Å². The van der Waals surface area contributed by atoms with Crippen molar-refractivity contribution in [1.82, 2.24) is 25.5 Å². The molecule has 3 aliphatic rings. The maximum atomic E-state index is 12.8. The number of anilines is 1. The van der Waals surface area contributed by atoms with Crippen molar-refractivity contribution in [3.8, 4) is 11.4 Å². The number of nitrogens with zero attached hydrogens (tertiary/aromatic N) is 4. The molecule has 1 aliphatic heterocycles. The number of rotatable bonds is 5. The second-order valence-corrected chi connectivity index (χ2v) is 8.21. The number of carbonyl (C=O) groups excluding carboxylic acids is 1. The number of methoxy groups -OCH3 is 1. The molecule has 2 heterocycles. The van der Waals surface area contributed by atoms with Crippen molar-refractivity contribution in [1.29, 1.82) is 0 Å². The lowest BCUT2D eigenvalue weighted by Crippen LogP contribution is -2.39. The fourth-order valence-electron chi connectivity index (χ4n) is 4.65. The van der Waals surface area contributed by atoms with Gasteiger partial charge in [-0.25, -0.2) is 0 Å². The van der Waals surface area contributed by atoms with Gasteiger partial charge in [0, 0.05) is 17.6 Å². The van der Waals surface area contributed by atoms with Crippen LogP contribution in [0.5, 0.6) is 5.75 Å². The molecule has 0 radical (unpaired) electrons. The molecule has 2 aliphatic carbocycles. The average Bonchev–Trinajstić information content (AvgIpc) is 3.28. The summed E-state index contributed by atoms with van der Waals surface area (Å²) in [7, 11) is 1.63. The summed E-state index contributed by atoms with van der Waals surface area (Å²) in [6.07, 6.45) is 8.11. The summed E-state index contributed by atoms with van der Waals surface area (Å²) in [6, 6.07) is 5.99. The number of ether oxygens (including phenoxy) is 1. The fraction of sp³-hybridized carbons (Fsp3) is 0.600. The van der Waals surface area contributed by atoms with Crippen LogP contribution >= 0.6 is 12.4 Å². The van der Waals surface area contributed by atoms with E-state index < -0.39 is 0 Å². The zero-order valence-electron chi connectivity index (χ0n) is 16.5. The van der Waals surface area contributed by atoms with Crippen LogP contribution in [0.25, 0.3) is 5.69 Å². The van der Waals surface area contributed by atoms with Gasteiger partial charge in [0.2, 0.25) is 5.91 Å². The van der Waals surface area contributed by atoms with Crippen LogP contribution in [0.4, 0.5) is 5.69 Å². The highest BCUT2D eigenvalue weighted by molar-refractivity contribution is 5.95. The molecular formula is C20H27ClN6O2. The summed E-state index contributed by atoms with van der Waals surface area (Å²) in [4.78, 5) is 12.8. The summed E-state index contributed by atoms with van der Waals surface area (Å²) in [5.41, 5.74) is 1.48. The molecule has 5 rings (SSSR count). The molecule has 1 amide bonds. The minimum Gasteiger partial charge on any atom is -0.494 e. The van der Waals surface area contributed by atoms with E-state index in [-0.39, 0.29) is 24.4 Å². The van der Waals surface area contributed by atoms with Gasteiger partial charge in [0.25, 0.3) is 0 Å². The lowest BCUT2D eigenvalue weighted by atomic mass is 9.85. The van der Waals surface area contributed by atoms with Gasteiger partial charge in [-0.2, -0.15) is 4.68 Å². The minimum absolute atomic E-state index is 0. The Balaban J connectivity index is 0.00000205. The van der Waals surface area contributed by atoms with E-state index in [1.807, 2.05) is 18.2 Å². The molecule has 2 aromatic rings. The second kappa shape index (κ2) is 8.28. The van der Waals surface area contributed by atoms with E-state index in [9.17, 15) is 4.79 Å². The van der Waals surface area contributed by atoms with E-state index in [1.165, 1.54) is 25.7 Å². The molecule has 9 heteroatoms. The Kier molecular flexibility index (Phi) is 5.74. The zero-order chi connectivity index (χ0) is 19.1. The first kappa shape index (κ1) is 20.1. The van der Waals surface area contributed by atoms with Gasteiger partial charge < -0.3 is 15.4 Å². The van der Waals surface area contributed by atoms with Crippen molar-refractivity contribution in [2.45, 2.75) is 62.9 Å². The highest BCUT2D eigenvalue weighted by Gasteiger charge is 2.38. The molecule has 1 aromatic heterocycles.